The Bertz CT molecular complexity index is 820. The van der Waals surface area contributed by atoms with E-state index in [0.29, 0.717) is 5.92 Å². The lowest BCUT2D eigenvalue weighted by atomic mass is 9.97. The van der Waals surface area contributed by atoms with Gasteiger partial charge in [-0.3, -0.25) is 4.98 Å². The number of aromatic nitrogens is 1. The lowest BCUT2D eigenvalue weighted by Crippen LogP contribution is -2.01. The lowest BCUT2D eigenvalue weighted by molar-refractivity contribution is 0.628. The summed E-state index contributed by atoms with van der Waals surface area (Å²) in [4.78, 5) is 4.74. The van der Waals surface area contributed by atoms with Crippen molar-refractivity contribution >= 4 is 16.6 Å². The summed E-state index contributed by atoms with van der Waals surface area (Å²) in [5.41, 5.74) is 11.0. The van der Waals surface area contributed by atoms with Crippen molar-refractivity contribution < 1.29 is 4.39 Å². The van der Waals surface area contributed by atoms with Gasteiger partial charge in [0, 0.05) is 16.9 Å². The van der Waals surface area contributed by atoms with Gasteiger partial charge in [-0.1, -0.05) is 30.3 Å². The number of rotatable bonds is 2. The van der Waals surface area contributed by atoms with E-state index in [4.69, 9.17) is 10.7 Å². The number of hydrogen-bond acceptors (Lipinski definition) is 2. The zero-order chi connectivity index (χ0) is 14.4. The van der Waals surface area contributed by atoms with Crippen molar-refractivity contribution in [2.75, 3.05) is 5.73 Å². The maximum absolute atomic E-state index is 13.2. The second-order valence-corrected chi connectivity index (χ2v) is 5.58. The first kappa shape index (κ1) is 12.3. The molecule has 0 radical (unpaired) electrons. The number of nitrogens with zero attached hydrogens (tertiary/aromatic N) is 1. The molecule has 0 bridgehead atoms. The maximum Gasteiger partial charge on any atom is 0.123 e. The number of para-hydroxylation sites is 1. The summed E-state index contributed by atoms with van der Waals surface area (Å²) < 4.78 is 13.2. The average Bonchev–Trinajstić information content (AvgIpc) is 3.33. The van der Waals surface area contributed by atoms with E-state index in [1.807, 2.05) is 24.3 Å². The molecule has 1 fully saturated rings. The average molecular weight is 278 g/mol. The molecule has 0 spiro atoms. The van der Waals surface area contributed by atoms with Crippen molar-refractivity contribution in [3.05, 3.63) is 60.0 Å². The van der Waals surface area contributed by atoms with Gasteiger partial charge in [-0.2, -0.15) is 0 Å². The standard InChI is InChI=1S/C18H15FN2/c19-13-9-7-11(8-10-13)16-14-3-1-2-4-15(14)21-18(17(16)20)12-5-6-12/h1-4,7-10,12H,5-6,20H2. The van der Waals surface area contributed by atoms with Crippen LogP contribution < -0.4 is 5.73 Å². The van der Waals surface area contributed by atoms with E-state index in [1.54, 1.807) is 12.1 Å². The summed E-state index contributed by atoms with van der Waals surface area (Å²) in [5, 5.41) is 1.02. The van der Waals surface area contributed by atoms with Crippen LogP contribution in [0.4, 0.5) is 10.1 Å². The molecule has 0 aliphatic heterocycles. The molecule has 2 N–H and O–H groups in total. The van der Waals surface area contributed by atoms with E-state index in [9.17, 15) is 4.39 Å². The Hall–Kier alpha value is -2.42. The topological polar surface area (TPSA) is 38.9 Å². The summed E-state index contributed by atoms with van der Waals surface area (Å²) in [6, 6.07) is 14.5. The Kier molecular flexibility index (Phi) is 2.67. The highest BCUT2D eigenvalue weighted by Crippen LogP contribution is 2.46. The molecule has 0 saturated heterocycles. The number of nitrogen functional groups attached to an aromatic ring is 1. The van der Waals surface area contributed by atoms with Crippen molar-refractivity contribution in [2.45, 2.75) is 18.8 Å². The van der Waals surface area contributed by atoms with Gasteiger partial charge in [0.15, 0.2) is 0 Å². The highest BCUT2D eigenvalue weighted by atomic mass is 19.1. The molecule has 2 aromatic carbocycles. The van der Waals surface area contributed by atoms with Gasteiger partial charge < -0.3 is 5.73 Å². The molecule has 0 unspecified atom stereocenters. The zero-order valence-electron chi connectivity index (χ0n) is 11.5. The molecule has 1 aromatic heterocycles. The SMILES string of the molecule is Nc1c(C2CC2)nc2ccccc2c1-c1ccc(F)cc1. The summed E-state index contributed by atoms with van der Waals surface area (Å²) in [7, 11) is 0. The van der Waals surface area contributed by atoms with Crippen LogP contribution in [-0.4, -0.2) is 4.98 Å². The number of fused-ring (bicyclic) bond motifs is 1. The van der Waals surface area contributed by atoms with Crippen molar-refractivity contribution in [1.29, 1.82) is 0 Å². The number of benzene rings is 2. The minimum absolute atomic E-state index is 0.238. The van der Waals surface area contributed by atoms with Crippen LogP contribution in [0.2, 0.25) is 0 Å². The van der Waals surface area contributed by atoms with Crippen molar-refractivity contribution in [3.63, 3.8) is 0 Å². The molecule has 0 atom stereocenters. The predicted molar refractivity (Wildman–Crippen MR) is 83.5 cm³/mol. The Morgan fingerprint density at radius 1 is 1.00 bits per heavy atom. The van der Waals surface area contributed by atoms with Gasteiger partial charge in [0.05, 0.1) is 16.9 Å². The molecule has 1 heterocycles. The van der Waals surface area contributed by atoms with Crippen LogP contribution in [0.1, 0.15) is 24.5 Å². The van der Waals surface area contributed by atoms with Crippen LogP contribution in [0, 0.1) is 5.82 Å². The Balaban J connectivity index is 2.05. The van der Waals surface area contributed by atoms with Gasteiger partial charge in [0.2, 0.25) is 0 Å². The van der Waals surface area contributed by atoms with Crippen LogP contribution in [0.15, 0.2) is 48.5 Å². The monoisotopic (exact) mass is 278 g/mol. The normalized spacial score (nSPS) is 14.5. The van der Waals surface area contributed by atoms with Gasteiger partial charge in [-0.25, -0.2) is 4.39 Å². The number of anilines is 1. The largest absolute Gasteiger partial charge is 0.397 e. The minimum atomic E-state index is -0.238. The number of pyridine rings is 1. The number of hydrogen-bond donors (Lipinski definition) is 1. The highest BCUT2D eigenvalue weighted by molar-refractivity contribution is 6.01. The van der Waals surface area contributed by atoms with Crippen molar-refractivity contribution in [3.8, 4) is 11.1 Å². The van der Waals surface area contributed by atoms with Crippen LogP contribution in [0.5, 0.6) is 0 Å². The summed E-state index contributed by atoms with van der Waals surface area (Å²) in [5.74, 6) is 0.243. The highest BCUT2D eigenvalue weighted by Gasteiger charge is 2.29. The summed E-state index contributed by atoms with van der Waals surface area (Å²) in [6.07, 6.45) is 2.30. The lowest BCUT2D eigenvalue weighted by Gasteiger charge is -2.14. The first-order valence-corrected chi connectivity index (χ1v) is 7.18. The van der Waals surface area contributed by atoms with E-state index in [-0.39, 0.29) is 5.82 Å². The van der Waals surface area contributed by atoms with Gasteiger partial charge >= 0.3 is 0 Å². The molecule has 1 aliphatic carbocycles. The Morgan fingerprint density at radius 2 is 1.71 bits per heavy atom. The predicted octanol–water partition coefficient (Wildman–Crippen LogP) is 4.50. The third-order valence-corrected chi connectivity index (χ3v) is 4.06. The van der Waals surface area contributed by atoms with Gasteiger partial charge in [0.25, 0.3) is 0 Å². The molecule has 104 valence electrons. The second kappa shape index (κ2) is 4.55. The summed E-state index contributed by atoms with van der Waals surface area (Å²) in [6.45, 7) is 0. The molecule has 0 amide bonds. The minimum Gasteiger partial charge on any atom is -0.397 e. The van der Waals surface area contributed by atoms with Crippen LogP contribution in [0.3, 0.4) is 0 Å². The van der Waals surface area contributed by atoms with E-state index in [0.717, 1.165) is 46.3 Å². The summed E-state index contributed by atoms with van der Waals surface area (Å²) >= 11 is 0. The number of halogens is 1. The number of nitrogens with two attached hydrogens (primary N) is 1. The Morgan fingerprint density at radius 3 is 2.43 bits per heavy atom. The third-order valence-electron chi connectivity index (χ3n) is 4.06. The molecule has 1 saturated carbocycles. The van der Waals surface area contributed by atoms with Crippen LogP contribution in [0.25, 0.3) is 22.0 Å². The van der Waals surface area contributed by atoms with Crippen molar-refractivity contribution in [1.82, 2.24) is 4.98 Å². The third kappa shape index (κ3) is 2.05. The quantitative estimate of drug-likeness (QED) is 0.749. The second-order valence-electron chi connectivity index (χ2n) is 5.58. The maximum atomic E-state index is 13.2. The van der Waals surface area contributed by atoms with Gasteiger partial charge in [0.1, 0.15) is 5.82 Å². The molecular weight excluding hydrogens is 263 g/mol. The van der Waals surface area contributed by atoms with E-state index in [1.165, 1.54) is 12.1 Å². The first-order chi connectivity index (χ1) is 10.2. The molecule has 3 heteroatoms. The molecule has 3 aromatic rings. The van der Waals surface area contributed by atoms with Gasteiger partial charge in [-0.15, -0.1) is 0 Å². The zero-order valence-corrected chi connectivity index (χ0v) is 11.5. The fourth-order valence-corrected chi connectivity index (χ4v) is 2.84. The fraction of sp³-hybridized carbons (Fsp3) is 0.167. The van der Waals surface area contributed by atoms with Crippen LogP contribution in [-0.2, 0) is 0 Å². The van der Waals surface area contributed by atoms with Gasteiger partial charge in [-0.05, 0) is 36.6 Å². The van der Waals surface area contributed by atoms with Crippen LogP contribution >= 0.6 is 0 Å². The van der Waals surface area contributed by atoms with Crippen molar-refractivity contribution in [2.24, 2.45) is 0 Å². The molecule has 1 aliphatic rings. The van der Waals surface area contributed by atoms with E-state index in [2.05, 4.69) is 0 Å². The first-order valence-electron chi connectivity index (χ1n) is 7.18. The molecule has 4 rings (SSSR count). The smallest absolute Gasteiger partial charge is 0.123 e. The molecule has 2 nitrogen and oxygen atoms in total. The molecule has 21 heavy (non-hydrogen) atoms. The molecular formula is C18H15FN2. The van der Waals surface area contributed by atoms with E-state index < -0.39 is 0 Å². The Labute approximate surface area is 122 Å². The fourth-order valence-electron chi connectivity index (χ4n) is 2.84. The van der Waals surface area contributed by atoms with E-state index >= 15 is 0 Å².